The van der Waals surface area contributed by atoms with Crippen molar-refractivity contribution in [2.45, 2.75) is 6.92 Å². The second-order valence-electron chi connectivity index (χ2n) is 3.75. The van der Waals surface area contributed by atoms with Crippen LogP contribution in [-0.4, -0.2) is 16.9 Å². The monoisotopic (exact) mass is 233 g/mol. The molecule has 0 radical (unpaired) electrons. The molecule has 0 aliphatic carbocycles. The molecular weight excluding hydrogens is 218 g/mol. The summed E-state index contributed by atoms with van der Waals surface area (Å²) in [6.45, 7) is 1.91. The SMILES string of the molecule is COc1cc(Oc2cc(C)nn2C)ccc1N. The lowest BCUT2D eigenvalue weighted by Gasteiger charge is -2.08. The molecule has 2 aromatic rings. The molecule has 5 nitrogen and oxygen atoms in total. The Bertz CT molecular complexity index is 535. The van der Waals surface area contributed by atoms with Crippen molar-refractivity contribution in [1.82, 2.24) is 9.78 Å². The average molecular weight is 233 g/mol. The molecule has 1 heterocycles. The van der Waals surface area contributed by atoms with E-state index in [4.69, 9.17) is 15.2 Å². The highest BCUT2D eigenvalue weighted by Crippen LogP contribution is 2.29. The van der Waals surface area contributed by atoms with Gasteiger partial charge in [-0.2, -0.15) is 5.10 Å². The molecule has 0 spiro atoms. The van der Waals surface area contributed by atoms with Crippen molar-refractivity contribution in [3.63, 3.8) is 0 Å². The molecule has 0 saturated heterocycles. The Labute approximate surface area is 99.8 Å². The van der Waals surface area contributed by atoms with E-state index < -0.39 is 0 Å². The molecule has 0 saturated carbocycles. The van der Waals surface area contributed by atoms with Crippen LogP contribution in [0, 0.1) is 6.92 Å². The van der Waals surface area contributed by atoms with Crippen molar-refractivity contribution in [3.05, 3.63) is 30.0 Å². The molecule has 0 amide bonds. The standard InChI is InChI=1S/C12H15N3O2/c1-8-6-12(15(2)14-8)17-9-4-5-10(13)11(7-9)16-3/h4-7H,13H2,1-3H3. The normalized spacial score (nSPS) is 10.3. The highest BCUT2D eigenvalue weighted by Gasteiger charge is 2.06. The van der Waals surface area contributed by atoms with Crippen LogP contribution in [0.4, 0.5) is 5.69 Å². The lowest BCUT2D eigenvalue weighted by Crippen LogP contribution is -1.96. The lowest BCUT2D eigenvalue weighted by molar-refractivity contribution is 0.404. The largest absolute Gasteiger partial charge is 0.494 e. The summed E-state index contributed by atoms with van der Waals surface area (Å²) in [5.74, 6) is 1.94. The molecule has 90 valence electrons. The van der Waals surface area contributed by atoms with Gasteiger partial charge in [0.15, 0.2) is 0 Å². The summed E-state index contributed by atoms with van der Waals surface area (Å²) in [4.78, 5) is 0. The number of methoxy groups -OCH3 is 1. The number of hydrogen-bond donors (Lipinski definition) is 1. The third kappa shape index (κ3) is 2.33. The summed E-state index contributed by atoms with van der Waals surface area (Å²) in [5.41, 5.74) is 7.22. The minimum atomic E-state index is 0.584. The van der Waals surface area contributed by atoms with Gasteiger partial charge in [0.05, 0.1) is 18.5 Å². The fraction of sp³-hybridized carbons (Fsp3) is 0.250. The average Bonchev–Trinajstić information content (AvgIpc) is 2.60. The van der Waals surface area contributed by atoms with Crippen LogP contribution >= 0.6 is 0 Å². The summed E-state index contributed by atoms with van der Waals surface area (Å²) < 4.78 is 12.5. The van der Waals surface area contributed by atoms with E-state index in [1.54, 1.807) is 30.0 Å². The van der Waals surface area contributed by atoms with Gasteiger partial charge in [-0.1, -0.05) is 0 Å². The number of benzene rings is 1. The van der Waals surface area contributed by atoms with E-state index in [0.29, 0.717) is 23.1 Å². The fourth-order valence-corrected chi connectivity index (χ4v) is 1.56. The molecule has 1 aromatic heterocycles. The molecule has 1 aromatic carbocycles. The van der Waals surface area contributed by atoms with Crippen LogP contribution in [0.25, 0.3) is 0 Å². The van der Waals surface area contributed by atoms with Crippen LogP contribution in [-0.2, 0) is 7.05 Å². The summed E-state index contributed by atoms with van der Waals surface area (Å²) in [6, 6.07) is 7.15. The second-order valence-corrected chi connectivity index (χ2v) is 3.75. The van der Waals surface area contributed by atoms with Crippen LogP contribution < -0.4 is 15.2 Å². The molecule has 17 heavy (non-hydrogen) atoms. The molecule has 0 aliphatic heterocycles. The quantitative estimate of drug-likeness (QED) is 0.825. The third-order valence-corrected chi connectivity index (χ3v) is 2.39. The first-order valence-corrected chi connectivity index (χ1v) is 5.22. The van der Waals surface area contributed by atoms with E-state index in [9.17, 15) is 0 Å². The lowest BCUT2D eigenvalue weighted by atomic mass is 10.3. The molecule has 5 heteroatoms. The fourth-order valence-electron chi connectivity index (χ4n) is 1.56. The van der Waals surface area contributed by atoms with Crippen LogP contribution in [0.1, 0.15) is 5.69 Å². The van der Waals surface area contributed by atoms with E-state index in [0.717, 1.165) is 5.69 Å². The Balaban J connectivity index is 2.27. The molecular formula is C12H15N3O2. The highest BCUT2D eigenvalue weighted by molar-refractivity contribution is 5.55. The van der Waals surface area contributed by atoms with Crippen molar-refractivity contribution in [3.8, 4) is 17.4 Å². The van der Waals surface area contributed by atoms with Gasteiger partial charge in [-0.15, -0.1) is 0 Å². The van der Waals surface area contributed by atoms with E-state index >= 15 is 0 Å². The number of anilines is 1. The van der Waals surface area contributed by atoms with E-state index in [1.807, 2.05) is 20.0 Å². The minimum absolute atomic E-state index is 0.584. The van der Waals surface area contributed by atoms with Crippen molar-refractivity contribution in [2.24, 2.45) is 7.05 Å². The summed E-state index contributed by atoms with van der Waals surface area (Å²) >= 11 is 0. The summed E-state index contributed by atoms with van der Waals surface area (Å²) in [7, 11) is 3.40. The first-order valence-electron chi connectivity index (χ1n) is 5.22. The highest BCUT2D eigenvalue weighted by atomic mass is 16.5. The Morgan fingerprint density at radius 3 is 2.65 bits per heavy atom. The molecule has 0 atom stereocenters. The predicted octanol–water partition coefficient (Wildman–Crippen LogP) is 2.11. The van der Waals surface area contributed by atoms with Crippen molar-refractivity contribution in [1.29, 1.82) is 0 Å². The maximum absolute atomic E-state index is 5.73. The van der Waals surface area contributed by atoms with Gasteiger partial charge in [0.2, 0.25) is 5.88 Å². The van der Waals surface area contributed by atoms with Crippen LogP contribution in [0.2, 0.25) is 0 Å². The van der Waals surface area contributed by atoms with Crippen LogP contribution in [0.15, 0.2) is 24.3 Å². The zero-order valence-corrected chi connectivity index (χ0v) is 10.1. The number of aryl methyl sites for hydroxylation is 2. The summed E-state index contributed by atoms with van der Waals surface area (Å²) in [5, 5.41) is 4.20. The maximum Gasteiger partial charge on any atom is 0.217 e. The van der Waals surface area contributed by atoms with Gasteiger partial charge in [-0.3, -0.25) is 0 Å². The topological polar surface area (TPSA) is 62.3 Å². The Kier molecular flexibility index (Phi) is 2.91. The number of aromatic nitrogens is 2. The number of ether oxygens (including phenoxy) is 2. The molecule has 0 unspecified atom stereocenters. The van der Waals surface area contributed by atoms with Crippen molar-refractivity contribution in [2.75, 3.05) is 12.8 Å². The van der Waals surface area contributed by atoms with Gasteiger partial charge in [0, 0.05) is 19.2 Å². The molecule has 2 rings (SSSR count). The zero-order valence-electron chi connectivity index (χ0n) is 10.1. The van der Waals surface area contributed by atoms with Gasteiger partial charge in [0.25, 0.3) is 0 Å². The number of nitrogen functional groups attached to an aromatic ring is 1. The number of hydrogen-bond acceptors (Lipinski definition) is 4. The smallest absolute Gasteiger partial charge is 0.217 e. The number of rotatable bonds is 3. The van der Waals surface area contributed by atoms with E-state index in [-0.39, 0.29) is 0 Å². The van der Waals surface area contributed by atoms with E-state index in [2.05, 4.69) is 5.10 Å². The molecule has 0 aliphatic rings. The second kappa shape index (κ2) is 4.37. The zero-order chi connectivity index (χ0) is 12.4. The first kappa shape index (κ1) is 11.3. The molecule has 0 bridgehead atoms. The van der Waals surface area contributed by atoms with Crippen LogP contribution in [0.5, 0.6) is 17.4 Å². The molecule has 0 fully saturated rings. The van der Waals surface area contributed by atoms with Crippen molar-refractivity contribution < 1.29 is 9.47 Å². The molecule has 2 N–H and O–H groups in total. The van der Waals surface area contributed by atoms with Gasteiger partial charge in [-0.05, 0) is 19.1 Å². The predicted molar refractivity (Wildman–Crippen MR) is 65.4 cm³/mol. The minimum Gasteiger partial charge on any atom is -0.494 e. The number of nitrogens with two attached hydrogens (primary N) is 1. The first-order chi connectivity index (χ1) is 8.10. The maximum atomic E-state index is 5.73. The third-order valence-electron chi connectivity index (χ3n) is 2.39. The Morgan fingerprint density at radius 2 is 2.06 bits per heavy atom. The van der Waals surface area contributed by atoms with Crippen molar-refractivity contribution >= 4 is 5.69 Å². The Morgan fingerprint density at radius 1 is 1.29 bits per heavy atom. The van der Waals surface area contributed by atoms with Gasteiger partial charge in [-0.25, -0.2) is 4.68 Å². The number of nitrogens with zero attached hydrogens (tertiary/aromatic N) is 2. The summed E-state index contributed by atoms with van der Waals surface area (Å²) in [6.07, 6.45) is 0. The van der Waals surface area contributed by atoms with Gasteiger partial charge >= 0.3 is 0 Å². The van der Waals surface area contributed by atoms with Gasteiger partial charge < -0.3 is 15.2 Å². The van der Waals surface area contributed by atoms with Crippen LogP contribution in [0.3, 0.4) is 0 Å². The van der Waals surface area contributed by atoms with Gasteiger partial charge in [0.1, 0.15) is 11.5 Å². The van der Waals surface area contributed by atoms with E-state index in [1.165, 1.54) is 0 Å². The Hall–Kier alpha value is -2.17.